The van der Waals surface area contributed by atoms with Crippen LogP contribution in [0.15, 0.2) is 71.9 Å². The van der Waals surface area contributed by atoms with E-state index in [1.54, 1.807) is 67.8 Å². The van der Waals surface area contributed by atoms with Gasteiger partial charge in [-0.25, -0.2) is 0 Å². The molecule has 9 nitrogen and oxygen atoms in total. The number of anilines is 2. The molecule has 0 aliphatic carbocycles. The summed E-state index contributed by atoms with van der Waals surface area (Å²) < 4.78 is 16.0. The Morgan fingerprint density at radius 2 is 1.63 bits per heavy atom. The first-order valence-corrected chi connectivity index (χ1v) is 10.8. The minimum absolute atomic E-state index is 0.277. The van der Waals surface area contributed by atoms with Crippen LogP contribution in [0.4, 0.5) is 11.4 Å². The van der Waals surface area contributed by atoms with Gasteiger partial charge in [0.05, 0.1) is 32.7 Å². The van der Waals surface area contributed by atoms with Gasteiger partial charge in [0.25, 0.3) is 11.8 Å². The van der Waals surface area contributed by atoms with Crippen LogP contribution in [-0.2, 0) is 9.63 Å². The van der Waals surface area contributed by atoms with Gasteiger partial charge in [0.2, 0.25) is 0 Å². The lowest BCUT2D eigenvalue weighted by Gasteiger charge is -2.10. The second kappa shape index (κ2) is 12.6. The molecule has 2 N–H and O–H groups in total. The molecule has 0 radical (unpaired) electrons. The topological polar surface area (TPSA) is 107 Å². The minimum Gasteiger partial charge on any atom is -0.495 e. The molecule has 0 saturated heterocycles. The highest BCUT2D eigenvalue weighted by atomic mass is 16.6. The second-order valence-electron chi connectivity index (χ2n) is 7.13. The Morgan fingerprint density at radius 1 is 0.886 bits per heavy atom. The van der Waals surface area contributed by atoms with Crippen LogP contribution in [0, 0.1) is 0 Å². The van der Waals surface area contributed by atoms with E-state index in [9.17, 15) is 9.59 Å². The van der Waals surface area contributed by atoms with Gasteiger partial charge in [-0.3, -0.25) is 9.59 Å². The number of nitrogens with zero attached hydrogens (tertiary/aromatic N) is 1. The van der Waals surface area contributed by atoms with Crippen LogP contribution < -0.4 is 24.8 Å². The minimum atomic E-state index is -0.391. The summed E-state index contributed by atoms with van der Waals surface area (Å²) in [6.07, 6.45) is 1.47. The first kappa shape index (κ1) is 25.1. The SMILES string of the molecule is CCOc1ccc(/C=N\OCC(=O)Nc2ccc(C(=O)Nc3ccccc3OC)cc2)cc1OC. The highest BCUT2D eigenvalue weighted by Gasteiger charge is 2.10. The predicted octanol–water partition coefficient (Wildman–Crippen LogP) is 4.34. The number of methoxy groups -OCH3 is 2. The van der Waals surface area contributed by atoms with Crippen molar-refractivity contribution in [3.63, 3.8) is 0 Å². The molecule has 0 atom stereocenters. The number of carbonyl (C=O) groups is 2. The fourth-order valence-corrected chi connectivity index (χ4v) is 3.08. The molecule has 2 amide bonds. The van der Waals surface area contributed by atoms with Gasteiger partial charge in [0.15, 0.2) is 18.1 Å². The average Bonchev–Trinajstić information content (AvgIpc) is 2.88. The van der Waals surface area contributed by atoms with E-state index in [4.69, 9.17) is 19.0 Å². The van der Waals surface area contributed by atoms with Crippen LogP contribution in [0.3, 0.4) is 0 Å². The number of hydrogen-bond acceptors (Lipinski definition) is 7. The molecule has 0 bridgehead atoms. The van der Waals surface area contributed by atoms with Gasteiger partial charge in [-0.05, 0) is 61.5 Å². The Balaban J connectivity index is 1.48. The van der Waals surface area contributed by atoms with E-state index < -0.39 is 5.91 Å². The molecule has 0 saturated carbocycles. The molecule has 3 rings (SSSR count). The highest BCUT2D eigenvalue weighted by Crippen LogP contribution is 2.27. The highest BCUT2D eigenvalue weighted by molar-refractivity contribution is 6.05. The zero-order valence-electron chi connectivity index (χ0n) is 19.7. The molecule has 0 unspecified atom stereocenters. The van der Waals surface area contributed by atoms with Gasteiger partial charge < -0.3 is 29.7 Å². The standard InChI is InChI=1S/C26H27N3O6/c1-4-34-23-14-9-18(15-24(23)33-3)16-27-35-17-25(30)28-20-12-10-19(11-13-20)26(31)29-21-7-5-6-8-22(21)32-2/h5-16H,4,17H2,1-3H3,(H,28,30)(H,29,31)/b27-16-. The lowest BCUT2D eigenvalue weighted by atomic mass is 10.2. The Hall–Kier alpha value is -4.53. The van der Waals surface area contributed by atoms with Crippen LogP contribution in [0.25, 0.3) is 0 Å². The zero-order valence-corrected chi connectivity index (χ0v) is 19.7. The summed E-state index contributed by atoms with van der Waals surface area (Å²) >= 11 is 0. The first-order chi connectivity index (χ1) is 17.0. The summed E-state index contributed by atoms with van der Waals surface area (Å²) in [5, 5.41) is 9.31. The monoisotopic (exact) mass is 477 g/mol. The number of hydrogen-bond donors (Lipinski definition) is 2. The van der Waals surface area contributed by atoms with Crippen molar-refractivity contribution >= 4 is 29.4 Å². The van der Waals surface area contributed by atoms with Crippen LogP contribution in [0.5, 0.6) is 17.2 Å². The van der Waals surface area contributed by atoms with E-state index in [0.29, 0.717) is 40.8 Å². The molecule has 0 spiro atoms. The van der Waals surface area contributed by atoms with Crippen LogP contribution >= 0.6 is 0 Å². The summed E-state index contributed by atoms with van der Waals surface area (Å²) in [7, 11) is 3.09. The van der Waals surface area contributed by atoms with E-state index in [-0.39, 0.29) is 12.5 Å². The molecule has 0 aliphatic rings. The predicted molar refractivity (Wildman–Crippen MR) is 134 cm³/mol. The number of nitrogens with one attached hydrogen (secondary N) is 2. The van der Waals surface area contributed by atoms with Crippen molar-refractivity contribution in [1.82, 2.24) is 0 Å². The second-order valence-corrected chi connectivity index (χ2v) is 7.13. The normalized spacial score (nSPS) is 10.5. The number of para-hydroxylation sites is 2. The molecule has 0 aromatic heterocycles. The summed E-state index contributed by atoms with van der Waals surface area (Å²) in [6, 6.07) is 18.9. The van der Waals surface area contributed by atoms with Crippen LogP contribution in [0.2, 0.25) is 0 Å². The molecular formula is C26H27N3O6. The van der Waals surface area contributed by atoms with E-state index in [2.05, 4.69) is 15.8 Å². The summed E-state index contributed by atoms with van der Waals surface area (Å²) in [5.74, 6) is 1.09. The lowest BCUT2D eigenvalue weighted by molar-refractivity contribution is -0.120. The van der Waals surface area contributed by atoms with E-state index in [1.807, 2.05) is 13.0 Å². The molecule has 35 heavy (non-hydrogen) atoms. The summed E-state index contributed by atoms with van der Waals surface area (Å²) in [5.41, 5.74) is 2.25. The van der Waals surface area contributed by atoms with Crippen molar-refractivity contribution in [2.75, 3.05) is 38.1 Å². The number of rotatable bonds is 11. The number of carbonyl (C=O) groups excluding carboxylic acids is 2. The number of ether oxygens (including phenoxy) is 3. The Kier molecular flexibility index (Phi) is 9.07. The maximum absolute atomic E-state index is 12.5. The summed E-state index contributed by atoms with van der Waals surface area (Å²) in [6.45, 7) is 2.14. The maximum Gasteiger partial charge on any atom is 0.265 e. The van der Waals surface area contributed by atoms with Gasteiger partial charge in [-0.1, -0.05) is 17.3 Å². The Morgan fingerprint density at radius 3 is 2.34 bits per heavy atom. The molecule has 0 fully saturated rings. The molecular weight excluding hydrogens is 450 g/mol. The first-order valence-electron chi connectivity index (χ1n) is 10.8. The largest absolute Gasteiger partial charge is 0.495 e. The third-order valence-electron chi connectivity index (χ3n) is 4.75. The van der Waals surface area contributed by atoms with E-state index in [0.717, 1.165) is 5.56 Å². The molecule has 0 heterocycles. The molecule has 0 aliphatic heterocycles. The zero-order chi connectivity index (χ0) is 25.0. The van der Waals surface area contributed by atoms with Crippen molar-refractivity contribution in [3.05, 3.63) is 77.9 Å². The van der Waals surface area contributed by atoms with Crippen LogP contribution in [-0.4, -0.2) is 45.5 Å². The average molecular weight is 478 g/mol. The van der Waals surface area contributed by atoms with Crippen molar-refractivity contribution in [2.45, 2.75) is 6.92 Å². The maximum atomic E-state index is 12.5. The fourth-order valence-electron chi connectivity index (χ4n) is 3.08. The molecule has 3 aromatic rings. The molecule has 182 valence electrons. The van der Waals surface area contributed by atoms with Gasteiger partial charge in [-0.2, -0.15) is 0 Å². The van der Waals surface area contributed by atoms with Gasteiger partial charge in [0.1, 0.15) is 5.75 Å². The Bertz CT molecular complexity index is 1180. The van der Waals surface area contributed by atoms with Gasteiger partial charge >= 0.3 is 0 Å². The van der Waals surface area contributed by atoms with Gasteiger partial charge in [-0.15, -0.1) is 0 Å². The van der Waals surface area contributed by atoms with Crippen LogP contribution in [0.1, 0.15) is 22.8 Å². The Labute approximate surface area is 203 Å². The van der Waals surface area contributed by atoms with E-state index >= 15 is 0 Å². The smallest absolute Gasteiger partial charge is 0.265 e. The third-order valence-corrected chi connectivity index (χ3v) is 4.75. The number of oxime groups is 1. The molecule has 3 aromatic carbocycles. The lowest BCUT2D eigenvalue weighted by Crippen LogP contribution is -2.17. The van der Waals surface area contributed by atoms with Crippen molar-refractivity contribution in [2.24, 2.45) is 5.16 Å². The van der Waals surface area contributed by atoms with Crippen molar-refractivity contribution in [1.29, 1.82) is 0 Å². The van der Waals surface area contributed by atoms with Crippen molar-refractivity contribution in [3.8, 4) is 17.2 Å². The number of benzene rings is 3. The fraction of sp³-hybridized carbons (Fsp3) is 0.192. The molecule has 9 heteroatoms. The van der Waals surface area contributed by atoms with Gasteiger partial charge in [0, 0.05) is 16.8 Å². The third kappa shape index (κ3) is 7.23. The number of amides is 2. The quantitative estimate of drug-likeness (QED) is 0.314. The summed E-state index contributed by atoms with van der Waals surface area (Å²) in [4.78, 5) is 29.7. The van der Waals surface area contributed by atoms with E-state index in [1.165, 1.54) is 13.3 Å². The van der Waals surface area contributed by atoms with Crippen molar-refractivity contribution < 1.29 is 28.6 Å².